The molecular weight excluding hydrogens is 262 g/mol. The summed E-state index contributed by atoms with van der Waals surface area (Å²) >= 11 is 0. The zero-order valence-electron chi connectivity index (χ0n) is 9.46. The van der Waals surface area contributed by atoms with E-state index in [1.165, 1.54) is 12.1 Å². The Labute approximate surface area is 102 Å². The summed E-state index contributed by atoms with van der Waals surface area (Å²) in [6, 6.07) is 8.10. The molecule has 0 fully saturated rings. The second-order valence-electron chi connectivity index (χ2n) is 3.65. The molecule has 96 valence electrons. The third-order valence-corrected chi connectivity index (χ3v) is 4.60. The lowest BCUT2D eigenvalue weighted by Crippen LogP contribution is -2.24. The van der Waals surface area contributed by atoms with Crippen LogP contribution in [0.3, 0.4) is 0 Å². The minimum absolute atomic E-state index is 0.0699. The van der Waals surface area contributed by atoms with Crippen molar-refractivity contribution in [2.45, 2.75) is 11.3 Å². The van der Waals surface area contributed by atoms with Crippen LogP contribution >= 0.6 is 0 Å². The molecule has 0 aliphatic heterocycles. The Morgan fingerprint density at radius 2 is 1.65 bits per heavy atom. The zero-order chi connectivity index (χ0) is 12.9. The topological polar surface area (TPSA) is 80.3 Å². The highest BCUT2D eigenvalue weighted by Gasteiger charge is 2.13. The molecule has 0 amide bonds. The Balaban J connectivity index is 2.53. The minimum atomic E-state index is -3.31. The average molecular weight is 277 g/mol. The van der Waals surface area contributed by atoms with E-state index in [1.54, 1.807) is 18.2 Å². The van der Waals surface area contributed by atoms with Gasteiger partial charge < -0.3 is 0 Å². The molecule has 0 radical (unpaired) electrons. The normalized spacial score (nSPS) is 12.5. The van der Waals surface area contributed by atoms with E-state index in [2.05, 4.69) is 4.72 Å². The van der Waals surface area contributed by atoms with Crippen molar-refractivity contribution in [3.05, 3.63) is 30.3 Å². The Morgan fingerprint density at radius 1 is 1.06 bits per heavy atom. The Bertz CT molecular complexity index is 549. The summed E-state index contributed by atoms with van der Waals surface area (Å²) in [6.07, 6.45) is 1.29. The van der Waals surface area contributed by atoms with Crippen molar-refractivity contribution in [2.75, 3.05) is 18.6 Å². The number of sulfone groups is 1. The monoisotopic (exact) mass is 277 g/mol. The van der Waals surface area contributed by atoms with Crippen LogP contribution in [0.4, 0.5) is 0 Å². The summed E-state index contributed by atoms with van der Waals surface area (Å²) in [5, 5.41) is 0. The maximum Gasteiger partial charge on any atom is 0.208 e. The van der Waals surface area contributed by atoms with Crippen molar-refractivity contribution in [3.63, 3.8) is 0 Å². The summed E-state index contributed by atoms with van der Waals surface area (Å²) in [5.74, 6) is -0.0699. The molecule has 0 saturated carbocycles. The number of hydrogen-bond acceptors (Lipinski definition) is 4. The lowest BCUT2D eigenvalue weighted by molar-refractivity contribution is 0.580. The van der Waals surface area contributed by atoms with Crippen LogP contribution in [0.1, 0.15) is 6.42 Å². The molecule has 5 nitrogen and oxygen atoms in total. The summed E-state index contributed by atoms with van der Waals surface area (Å²) in [5.41, 5.74) is 0. The second-order valence-corrected chi connectivity index (χ2v) is 7.59. The predicted molar refractivity (Wildman–Crippen MR) is 66.0 cm³/mol. The third-order valence-electron chi connectivity index (χ3n) is 2.06. The van der Waals surface area contributed by atoms with Gasteiger partial charge in [-0.15, -0.1) is 0 Å². The average Bonchev–Trinajstić information content (AvgIpc) is 2.25. The van der Waals surface area contributed by atoms with Gasteiger partial charge in [-0.05, 0) is 18.6 Å². The lowest BCUT2D eigenvalue weighted by atomic mass is 10.4. The number of benzene rings is 1. The van der Waals surface area contributed by atoms with Crippen LogP contribution in [-0.2, 0) is 19.9 Å². The van der Waals surface area contributed by atoms with E-state index in [4.69, 9.17) is 0 Å². The predicted octanol–water partition coefficient (Wildman–Crippen LogP) is 0.400. The fraction of sp³-hybridized carbons (Fsp3) is 0.400. The van der Waals surface area contributed by atoms with E-state index < -0.39 is 19.9 Å². The van der Waals surface area contributed by atoms with E-state index in [9.17, 15) is 16.8 Å². The summed E-state index contributed by atoms with van der Waals surface area (Å²) in [6.45, 7) is 0.130. The first-order valence-electron chi connectivity index (χ1n) is 5.04. The van der Waals surface area contributed by atoms with Crippen molar-refractivity contribution in [2.24, 2.45) is 0 Å². The standard InChI is InChI=1S/C10H15NO4S2/c1-16(12,13)11-8-5-9-17(14,15)10-6-3-2-4-7-10/h2-4,6-7,11H,5,8-9H2,1H3. The van der Waals surface area contributed by atoms with Crippen molar-refractivity contribution < 1.29 is 16.8 Å². The van der Waals surface area contributed by atoms with Crippen LogP contribution in [0, 0.1) is 0 Å². The van der Waals surface area contributed by atoms with Gasteiger partial charge in [-0.2, -0.15) is 0 Å². The van der Waals surface area contributed by atoms with Crippen LogP contribution in [0.25, 0.3) is 0 Å². The first kappa shape index (κ1) is 14.1. The second kappa shape index (κ2) is 5.61. The van der Waals surface area contributed by atoms with Gasteiger partial charge in [0.25, 0.3) is 0 Å². The Morgan fingerprint density at radius 3 is 2.18 bits per heavy atom. The molecule has 0 bridgehead atoms. The zero-order valence-corrected chi connectivity index (χ0v) is 11.1. The largest absolute Gasteiger partial charge is 0.224 e. The van der Waals surface area contributed by atoms with Crippen LogP contribution < -0.4 is 4.72 Å². The SMILES string of the molecule is CS(=O)(=O)NCCCS(=O)(=O)c1ccccc1. The fourth-order valence-electron chi connectivity index (χ4n) is 1.27. The third kappa shape index (κ3) is 5.29. The van der Waals surface area contributed by atoms with Crippen molar-refractivity contribution in [1.82, 2.24) is 4.72 Å². The van der Waals surface area contributed by atoms with Gasteiger partial charge in [0.1, 0.15) is 0 Å². The van der Waals surface area contributed by atoms with Crippen molar-refractivity contribution >= 4 is 19.9 Å². The van der Waals surface area contributed by atoms with E-state index in [0.717, 1.165) is 6.26 Å². The van der Waals surface area contributed by atoms with E-state index in [0.29, 0.717) is 0 Å². The maximum absolute atomic E-state index is 11.8. The highest BCUT2D eigenvalue weighted by molar-refractivity contribution is 7.91. The summed E-state index contributed by atoms with van der Waals surface area (Å²) < 4.78 is 47.3. The van der Waals surface area contributed by atoms with E-state index in [1.807, 2.05) is 0 Å². The van der Waals surface area contributed by atoms with Gasteiger partial charge in [-0.25, -0.2) is 21.6 Å². The smallest absolute Gasteiger partial charge is 0.208 e. The molecule has 1 rings (SSSR count). The molecule has 0 saturated heterocycles. The van der Waals surface area contributed by atoms with E-state index >= 15 is 0 Å². The van der Waals surface area contributed by atoms with E-state index in [-0.39, 0.29) is 23.6 Å². The van der Waals surface area contributed by atoms with Crippen molar-refractivity contribution in [3.8, 4) is 0 Å². The number of nitrogens with one attached hydrogen (secondary N) is 1. The number of rotatable bonds is 6. The van der Waals surface area contributed by atoms with Gasteiger partial charge in [0, 0.05) is 6.54 Å². The van der Waals surface area contributed by atoms with Crippen LogP contribution in [0.2, 0.25) is 0 Å². The first-order chi connectivity index (χ1) is 7.81. The highest BCUT2D eigenvalue weighted by atomic mass is 32.2. The molecular formula is C10H15NO4S2. The number of sulfonamides is 1. The number of hydrogen-bond donors (Lipinski definition) is 1. The first-order valence-corrected chi connectivity index (χ1v) is 8.58. The molecule has 0 spiro atoms. The molecule has 0 aliphatic carbocycles. The summed E-state index contributed by atoms with van der Waals surface area (Å²) in [4.78, 5) is 0.263. The van der Waals surface area contributed by atoms with Gasteiger partial charge in [-0.3, -0.25) is 0 Å². The highest BCUT2D eigenvalue weighted by Crippen LogP contribution is 2.10. The van der Waals surface area contributed by atoms with Gasteiger partial charge in [0.2, 0.25) is 10.0 Å². The van der Waals surface area contributed by atoms with Gasteiger partial charge in [0.05, 0.1) is 16.9 Å². The molecule has 0 unspecified atom stereocenters. The molecule has 0 heterocycles. The minimum Gasteiger partial charge on any atom is -0.224 e. The Hall–Kier alpha value is -0.920. The van der Waals surface area contributed by atoms with Gasteiger partial charge >= 0.3 is 0 Å². The molecule has 1 aromatic carbocycles. The molecule has 0 aliphatic rings. The maximum atomic E-state index is 11.8. The lowest BCUT2D eigenvalue weighted by Gasteiger charge is -2.04. The van der Waals surface area contributed by atoms with Crippen LogP contribution in [0.15, 0.2) is 35.2 Å². The molecule has 0 atom stereocenters. The molecule has 1 N–H and O–H groups in total. The Kier molecular flexibility index (Phi) is 4.67. The van der Waals surface area contributed by atoms with Crippen LogP contribution in [0.5, 0.6) is 0 Å². The summed E-state index contributed by atoms with van der Waals surface area (Å²) in [7, 11) is -6.56. The van der Waals surface area contributed by atoms with Gasteiger partial charge in [-0.1, -0.05) is 18.2 Å². The van der Waals surface area contributed by atoms with Crippen LogP contribution in [-0.4, -0.2) is 35.4 Å². The molecule has 0 aromatic heterocycles. The van der Waals surface area contributed by atoms with Gasteiger partial charge in [0.15, 0.2) is 9.84 Å². The molecule has 1 aromatic rings. The quantitative estimate of drug-likeness (QED) is 0.763. The molecule has 17 heavy (non-hydrogen) atoms. The molecule has 7 heteroatoms. The fourth-order valence-corrected chi connectivity index (χ4v) is 3.11. The van der Waals surface area contributed by atoms with Crippen molar-refractivity contribution in [1.29, 1.82) is 0 Å².